The largest absolute Gasteiger partial charge is 0.493 e. The Bertz CT molecular complexity index is 506. The SMILES string of the molecule is COc1cc(C#N)ccc1OC(C)C(=O)NCC(C)C. The first-order chi connectivity index (χ1) is 9.47. The van der Waals surface area contributed by atoms with Crippen molar-refractivity contribution in [3.05, 3.63) is 23.8 Å². The van der Waals surface area contributed by atoms with Gasteiger partial charge in [-0.25, -0.2) is 0 Å². The Labute approximate surface area is 119 Å². The summed E-state index contributed by atoms with van der Waals surface area (Å²) in [7, 11) is 1.49. The first-order valence-electron chi connectivity index (χ1n) is 6.50. The van der Waals surface area contributed by atoms with Crippen LogP contribution in [0.2, 0.25) is 0 Å². The molecule has 1 aromatic carbocycles. The smallest absolute Gasteiger partial charge is 0.260 e. The number of benzene rings is 1. The molecule has 0 bridgehead atoms. The van der Waals surface area contributed by atoms with Crippen LogP contribution in [0.4, 0.5) is 0 Å². The summed E-state index contributed by atoms with van der Waals surface area (Å²) in [5.41, 5.74) is 0.478. The van der Waals surface area contributed by atoms with Crippen molar-refractivity contribution in [3.63, 3.8) is 0 Å². The quantitative estimate of drug-likeness (QED) is 0.863. The number of hydrogen-bond acceptors (Lipinski definition) is 4. The number of ether oxygens (including phenoxy) is 2. The highest BCUT2D eigenvalue weighted by atomic mass is 16.5. The second-order valence-corrected chi connectivity index (χ2v) is 4.88. The molecule has 1 unspecified atom stereocenters. The van der Waals surface area contributed by atoms with E-state index < -0.39 is 6.10 Å². The minimum atomic E-state index is -0.629. The Morgan fingerprint density at radius 1 is 1.35 bits per heavy atom. The van der Waals surface area contributed by atoms with Gasteiger partial charge in [-0.15, -0.1) is 0 Å². The van der Waals surface area contributed by atoms with Gasteiger partial charge in [0.1, 0.15) is 0 Å². The third-order valence-corrected chi connectivity index (χ3v) is 2.65. The predicted octanol–water partition coefficient (Wildman–Crippen LogP) is 2.11. The third kappa shape index (κ3) is 4.47. The van der Waals surface area contributed by atoms with Crippen molar-refractivity contribution in [1.29, 1.82) is 5.26 Å². The first-order valence-corrected chi connectivity index (χ1v) is 6.50. The molecule has 1 amide bonds. The van der Waals surface area contributed by atoms with E-state index in [4.69, 9.17) is 14.7 Å². The zero-order valence-electron chi connectivity index (χ0n) is 12.3. The Morgan fingerprint density at radius 2 is 2.05 bits per heavy atom. The molecule has 108 valence electrons. The van der Waals surface area contributed by atoms with Gasteiger partial charge >= 0.3 is 0 Å². The van der Waals surface area contributed by atoms with Crippen molar-refractivity contribution >= 4 is 5.91 Å². The van der Waals surface area contributed by atoms with Crippen LogP contribution in [-0.2, 0) is 4.79 Å². The van der Waals surface area contributed by atoms with E-state index in [-0.39, 0.29) is 5.91 Å². The summed E-state index contributed by atoms with van der Waals surface area (Å²) >= 11 is 0. The van der Waals surface area contributed by atoms with Crippen LogP contribution in [0, 0.1) is 17.2 Å². The monoisotopic (exact) mass is 276 g/mol. The lowest BCUT2D eigenvalue weighted by Crippen LogP contribution is -2.38. The summed E-state index contributed by atoms with van der Waals surface area (Å²) in [6.07, 6.45) is -0.629. The van der Waals surface area contributed by atoms with Crippen LogP contribution in [0.1, 0.15) is 26.3 Å². The lowest BCUT2D eigenvalue weighted by atomic mass is 10.2. The van der Waals surface area contributed by atoms with Crippen molar-refractivity contribution in [1.82, 2.24) is 5.32 Å². The standard InChI is InChI=1S/C15H20N2O3/c1-10(2)9-17-15(18)11(3)20-13-6-5-12(8-16)7-14(13)19-4/h5-7,10-11H,9H2,1-4H3,(H,17,18). The molecular weight excluding hydrogens is 256 g/mol. The molecule has 0 fully saturated rings. The summed E-state index contributed by atoms with van der Waals surface area (Å²) < 4.78 is 10.7. The van der Waals surface area contributed by atoms with E-state index in [0.717, 1.165) is 0 Å². The fourth-order valence-electron chi connectivity index (χ4n) is 1.53. The molecule has 0 spiro atoms. The molecule has 5 heteroatoms. The molecule has 1 aromatic rings. The maximum Gasteiger partial charge on any atom is 0.260 e. The molecule has 0 saturated carbocycles. The third-order valence-electron chi connectivity index (χ3n) is 2.65. The average Bonchev–Trinajstić information content (AvgIpc) is 2.44. The molecule has 0 aliphatic rings. The van der Waals surface area contributed by atoms with Gasteiger partial charge in [-0.2, -0.15) is 5.26 Å². The fourth-order valence-corrected chi connectivity index (χ4v) is 1.53. The molecule has 0 aliphatic carbocycles. The van der Waals surface area contributed by atoms with E-state index >= 15 is 0 Å². The van der Waals surface area contributed by atoms with Gasteiger partial charge in [0.25, 0.3) is 5.91 Å². The number of amides is 1. The van der Waals surface area contributed by atoms with Gasteiger partial charge in [-0.3, -0.25) is 4.79 Å². The summed E-state index contributed by atoms with van der Waals surface area (Å²) in [5.74, 6) is 1.09. The number of rotatable bonds is 6. The summed E-state index contributed by atoms with van der Waals surface area (Å²) in [6, 6.07) is 6.85. The van der Waals surface area contributed by atoms with E-state index in [0.29, 0.717) is 29.5 Å². The van der Waals surface area contributed by atoms with Crippen molar-refractivity contribution in [2.75, 3.05) is 13.7 Å². The van der Waals surface area contributed by atoms with Gasteiger partial charge < -0.3 is 14.8 Å². The first kappa shape index (κ1) is 15.8. The number of hydrogen-bond donors (Lipinski definition) is 1. The maximum atomic E-state index is 11.8. The van der Waals surface area contributed by atoms with Crippen LogP contribution < -0.4 is 14.8 Å². The van der Waals surface area contributed by atoms with Crippen LogP contribution in [-0.4, -0.2) is 25.7 Å². The maximum absolute atomic E-state index is 11.8. The van der Waals surface area contributed by atoms with Crippen molar-refractivity contribution < 1.29 is 14.3 Å². The lowest BCUT2D eigenvalue weighted by Gasteiger charge is -2.17. The molecule has 20 heavy (non-hydrogen) atoms. The lowest BCUT2D eigenvalue weighted by molar-refractivity contribution is -0.127. The summed E-state index contributed by atoms with van der Waals surface area (Å²) in [4.78, 5) is 11.8. The van der Waals surface area contributed by atoms with Crippen LogP contribution in [0.25, 0.3) is 0 Å². The molecule has 0 aliphatic heterocycles. The minimum absolute atomic E-state index is 0.176. The van der Waals surface area contributed by atoms with Crippen LogP contribution in [0.3, 0.4) is 0 Å². The van der Waals surface area contributed by atoms with Crippen LogP contribution in [0.15, 0.2) is 18.2 Å². The Hall–Kier alpha value is -2.22. The zero-order chi connectivity index (χ0) is 15.1. The fraction of sp³-hybridized carbons (Fsp3) is 0.467. The number of carbonyl (C=O) groups is 1. The highest BCUT2D eigenvalue weighted by molar-refractivity contribution is 5.80. The molecule has 1 atom stereocenters. The minimum Gasteiger partial charge on any atom is -0.493 e. The molecule has 0 saturated heterocycles. The highest BCUT2D eigenvalue weighted by Gasteiger charge is 2.17. The van der Waals surface area contributed by atoms with Gasteiger partial charge in [0.15, 0.2) is 17.6 Å². The summed E-state index contributed by atoms with van der Waals surface area (Å²) in [5, 5.41) is 11.6. The normalized spacial score (nSPS) is 11.6. The van der Waals surface area contributed by atoms with Crippen LogP contribution in [0.5, 0.6) is 11.5 Å². The molecule has 0 heterocycles. The molecule has 5 nitrogen and oxygen atoms in total. The Kier molecular flexibility index (Phi) is 5.85. The van der Waals surface area contributed by atoms with E-state index in [9.17, 15) is 4.79 Å². The topological polar surface area (TPSA) is 71.3 Å². The molecule has 0 radical (unpaired) electrons. The average molecular weight is 276 g/mol. The van der Waals surface area contributed by atoms with Gasteiger partial charge in [0.05, 0.1) is 18.7 Å². The molecule has 1 rings (SSSR count). The number of carbonyl (C=O) groups excluding carboxylic acids is 1. The van der Waals surface area contributed by atoms with Crippen LogP contribution >= 0.6 is 0 Å². The summed E-state index contributed by atoms with van der Waals surface area (Å²) in [6.45, 7) is 6.33. The molecular formula is C15H20N2O3. The zero-order valence-corrected chi connectivity index (χ0v) is 12.3. The van der Waals surface area contributed by atoms with Gasteiger partial charge in [0, 0.05) is 12.6 Å². The van der Waals surface area contributed by atoms with E-state index in [1.165, 1.54) is 7.11 Å². The number of nitrogens with zero attached hydrogens (tertiary/aromatic N) is 1. The van der Waals surface area contributed by atoms with Crippen molar-refractivity contribution in [2.24, 2.45) is 5.92 Å². The number of nitriles is 1. The van der Waals surface area contributed by atoms with Gasteiger partial charge in [-0.1, -0.05) is 13.8 Å². The highest BCUT2D eigenvalue weighted by Crippen LogP contribution is 2.28. The number of methoxy groups -OCH3 is 1. The van der Waals surface area contributed by atoms with E-state index in [1.807, 2.05) is 19.9 Å². The second-order valence-electron chi connectivity index (χ2n) is 4.88. The Morgan fingerprint density at radius 3 is 2.60 bits per heavy atom. The molecule has 1 N–H and O–H groups in total. The van der Waals surface area contributed by atoms with E-state index in [2.05, 4.69) is 5.32 Å². The van der Waals surface area contributed by atoms with Gasteiger partial charge in [-0.05, 0) is 25.0 Å². The predicted molar refractivity (Wildman–Crippen MR) is 75.6 cm³/mol. The van der Waals surface area contributed by atoms with Crippen molar-refractivity contribution in [2.45, 2.75) is 26.9 Å². The molecule has 0 aromatic heterocycles. The van der Waals surface area contributed by atoms with Crippen molar-refractivity contribution in [3.8, 4) is 17.6 Å². The van der Waals surface area contributed by atoms with Gasteiger partial charge in [0.2, 0.25) is 0 Å². The number of nitrogens with one attached hydrogen (secondary N) is 1. The Balaban J connectivity index is 2.72. The second kappa shape index (κ2) is 7.39. The van der Waals surface area contributed by atoms with E-state index in [1.54, 1.807) is 25.1 Å².